The Bertz CT molecular complexity index is 1100. The van der Waals surface area contributed by atoms with Crippen molar-refractivity contribution in [1.82, 2.24) is 0 Å². The fourth-order valence-corrected chi connectivity index (χ4v) is 3.51. The maximum Gasteiger partial charge on any atom is 0.262 e. The van der Waals surface area contributed by atoms with Crippen molar-refractivity contribution in [3.05, 3.63) is 78.4 Å². The lowest BCUT2D eigenvalue weighted by atomic mass is 10.0. The van der Waals surface area contributed by atoms with Crippen LogP contribution in [0.15, 0.2) is 66.7 Å². The van der Waals surface area contributed by atoms with E-state index in [4.69, 9.17) is 4.74 Å². The number of ether oxygens (including phenoxy) is 1. The fourth-order valence-electron chi connectivity index (χ4n) is 3.51. The summed E-state index contributed by atoms with van der Waals surface area (Å²) in [6.07, 6.45) is 1.38. The number of carbonyl (C=O) groups is 2. The molecule has 1 N–H and O–H groups in total. The number of anilines is 2. The topological polar surface area (TPSA) is 58.6 Å². The maximum absolute atomic E-state index is 14.4. The van der Waals surface area contributed by atoms with E-state index in [2.05, 4.69) is 5.32 Å². The third-order valence-corrected chi connectivity index (χ3v) is 5.00. The second-order valence-electron chi connectivity index (χ2n) is 7.16. The van der Waals surface area contributed by atoms with Crippen molar-refractivity contribution in [3.63, 3.8) is 0 Å². The fraction of sp³-hybridized carbons (Fsp3) is 0.167. The first kappa shape index (κ1) is 20.5. The molecule has 31 heavy (non-hydrogen) atoms. The molecule has 0 aliphatic carbocycles. The summed E-state index contributed by atoms with van der Waals surface area (Å²) in [5.41, 5.74) is 1.49. The summed E-state index contributed by atoms with van der Waals surface area (Å²) in [5.74, 6) is -1.66. The van der Waals surface area contributed by atoms with Crippen molar-refractivity contribution in [2.75, 3.05) is 23.4 Å². The van der Waals surface area contributed by atoms with Gasteiger partial charge in [0, 0.05) is 30.3 Å². The van der Waals surface area contributed by atoms with Crippen LogP contribution in [0.1, 0.15) is 12.8 Å². The van der Waals surface area contributed by atoms with Crippen LogP contribution < -0.4 is 15.0 Å². The van der Waals surface area contributed by atoms with Crippen LogP contribution in [0.2, 0.25) is 0 Å². The number of carbonyl (C=O) groups excluding carboxylic acids is 2. The Morgan fingerprint density at radius 2 is 1.77 bits per heavy atom. The van der Waals surface area contributed by atoms with Gasteiger partial charge in [-0.2, -0.15) is 0 Å². The molecule has 1 heterocycles. The Balaban J connectivity index is 1.43. The second kappa shape index (κ2) is 8.95. The minimum atomic E-state index is -0.869. The molecule has 4 rings (SSSR count). The van der Waals surface area contributed by atoms with Crippen LogP contribution >= 0.6 is 0 Å². The number of benzene rings is 3. The molecule has 1 saturated heterocycles. The number of nitrogens with zero attached hydrogens (tertiary/aromatic N) is 1. The monoisotopic (exact) mass is 422 g/mol. The largest absolute Gasteiger partial charge is 0.484 e. The number of nitrogens with one attached hydrogen (secondary N) is 1. The van der Waals surface area contributed by atoms with E-state index >= 15 is 0 Å². The Morgan fingerprint density at radius 3 is 2.45 bits per heavy atom. The lowest BCUT2D eigenvalue weighted by Gasteiger charge is -2.16. The van der Waals surface area contributed by atoms with Gasteiger partial charge in [-0.05, 0) is 42.3 Å². The van der Waals surface area contributed by atoms with Crippen LogP contribution in [-0.2, 0) is 9.59 Å². The van der Waals surface area contributed by atoms with Gasteiger partial charge < -0.3 is 15.0 Å². The van der Waals surface area contributed by atoms with E-state index in [-0.39, 0.29) is 23.8 Å². The summed E-state index contributed by atoms with van der Waals surface area (Å²) < 4.78 is 33.7. The van der Waals surface area contributed by atoms with Crippen LogP contribution in [-0.4, -0.2) is 25.0 Å². The molecule has 2 amide bonds. The highest BCUT2D eigenvalue weighted by Gasteiger charge is 2.21. The van der Waals surface area contributed by atoms with Gasteiger partial charge in [-0.25, -0.2) is 8.78 Å². The summed E-state index contributed by atoms with van der Waals surface area (Å²) in [4.78, 5) is 25.9. The standard InChI is InChI=1S/C24H20F2N2O3/c25-17-13-20(16-5-2-1-3-6-16)24(21(26)14-17)27-22(29)15-31-19-10-8-18(9-11-19)28-12-4-7-23(28)30/h1-3,5-6,8-11,13-14H,4,7,12,15H2,(H,27,29). The Morgan fingerprint density at radius 1 is 1.03 bits per heavy atom. The molecule has 0 radical (unpaired) electrons. The lowest BCUT2D eigenvalue weighted by molar-refractivity contribution is -0.118. The molecule has 3 aromatic carbocycles. The van der Waals surface area contributed by atoms with Crippen molar-refractivity contribution in [2.24, 2.45) is 0 Å². The van der Waals surface area contributed by atoms with Gasteiger partial charge in [0.2, 0.25) is 5.91 Å². The average molecular weight is 422 g/mol. The van der Waals surface area contributed by atoms with Crippen LogP contribution in [0.4, 0.5) is 20.2 Å². The van der Waals surface area contributed by atoms with Crippen molar-refractivity contribution in [2.45, 2.75) is 12.8 Å². The molecule has 0 atom stereocenters. The lowest BCUT2D eigenvalue weighted by Crippen LogP contribution is -2.23. The Kier molecular flexibility index (Phi) is 5.93. The predicted molar refractivity (Wildman–Crippen MR) is 114 cm³/mol. The van der Waals surface area contributed by atoms with Crippen molar-refractivity contribution in [1.29, 1.82) is 0 Å². The zero-order valence-electron chi connectivity index (χ0n) is 16.6. The Labute approximate surface area is 178 Å². The van der Waals surface area contributed by atoms with Gasteiger partial charge in [-0.15, -0.1) is 0 Å². The number of hydrogen-bond acceptors (Lipinski definition) is 3. The van der Waals surface area contributed by atoms with E-state index in [0.717, 1.165) is 18.2 Å². The molecule has 1 aliphatic rings. The smallest absolute Gasteiger partial charge is 0.262 e. The first-order valence-electron chi connectivity index (χ1n) is 9.89. The highest BCUT2D eigenvalue weighted by atomic mass is 19.1. The maximum atomic E-state index is 14.4. The van der Waals surface area contributed by atoms with Gasteiger partial charge in [0.1, 0.15) is 17.4 Å². The molecule has 1 fully saturated rings. The molecule has 0 aromatic heterocycles. The van der Waals surface area contributed by atoms with Gasteiger partial charge >= 0.3 is 0 Å². The van der Waals surface area contributed by atoms with Crippen LogP contribution in [0.5, 0.6) is 5.75 Å². The first-order chi connectivity index (χ1) is 15.0. The normalized spacial score (nSPS) is 13.4. The molecule has 0 unspecified atom stereocenters. The van der Waals surface area contributed by atoms with Crippen molar-refractivity contribution >= 4 is 23.2 Å². The minimum absolute atomic E-state index is 0.0867. The van der Waals surface area contributed by atoms with E-state index in [1.165, 1.54) is 6.07 Å². The van der Waals surface area contributed by atoms with Crippen molar-refractivity contribution in [3.8, 4) is 16.9 Å². The predicted octanol–water partition coefficient (Wildman–Crippen LogP) is 4.78. The van der Waals surface area contributed by atoms with Crippen LogP contribution in [0.3, 0.4) is 0 Å². The highest BCUT2D eigenvalue weighted by Crippen LogP contribution is 2.31. The zero-order chi connectivity index (χ0) is 21.8. The summed E-state index contributed by atoms with van der Waals surface area (Å²) >= 11 is 0. The van der Waals surface area contributed by atoms with Crippen LogP contribution in [0, 0.1) is 11.6 Å². The highest BCUT2D eigenvalue weighted by molar-refractivity contribution is 5.97. The zero-order valence-corrected chi connectivity index (χ0v) is 16.6. The van der Waals surface area contributed by atoms with Gasteiger partial charge in [0.05, 0.1) is 5.69 Å². The molecule has 0 bridgehead atoms. The second-order valence-corrected chi connectivity index (χ2v) is 7.16. The van der Waals surface area contributed by atoms with Gasteiger partial charge in [-0.3, -0.25) is 9.59 Å². The SMILES string of the molecule is O=C(COc1ccc(N2CCCC2=O)cc1)Nc1c(F)cc(F)cc1-c1ccccc1. The third kappa shape index (κ3) is 4.71. The summed E-state index contributed by atoms with van der Waals surface area (Å²) in [6.45, 7) is 0.335. The van der Waals surface area contributed by atoms with Gasteiger partial charge in [0.25, 0.3) is 5.91 Å². The number of halogens is 2. The van der Waals surface area contributed by atoms with E-state index in [1.807, 2.05) is 0 Å². The molecular formula is C24H20F2N2O3. The molecule has 5 nitrogen and oxygen atoms in total. The number of amides is 2. The molecule has 0 saturated carbocycles. The third-order valence-electron chi connectivity index (χ3n) is 5.00. The van der Waals surface area contributed by atoms with Crippen LogP contribution in [0.25, 0.3) is 11.1 Å². The molecule has 1 aliphatic heterocycles. The van der Waals surface area contributed by atoms with E-state index < -0.39 is 17.5 Å². The minimum Gasteiger partial charge on any atom is -0.484 e. The summed E-state index contributed by atoms with van der Waals surface area (Å²) in [7, 11) is 0. The van der Waals surface area contributed by atoms with E-state index in [1.54, 1.807) is 59.5 Å². The molecule has 158 valence electrons. The molecular weight excluding hydrogens is 402 g/mol. The van der Waals surface area contributed by atoms with E-state index in [9.17, 15) is 18.4 Å². The molecule has 3 aromatic rings. The van der Waals surface area contributed by atoms with E-state index in [0.29, 0.717) is 24.3 Å². The number of rotatable bonds is 6. The summed E-state index contributed by atoms with van der Waals surface area (Å²) in [6, 6.07) is 17.4. The average Bonchev–Trinajstić information content (AvgIpc) is 3.21. The number of hydrogen-bond donors (Lipinski definition) is 1. The first-order valence-corrected chi connectivity index (χ1v) is 9.89. The Hall–Kier alpha value is -3.74. The van der Waals surface area contributed by atoms with Gasteiger partial charge in [0.15, 0.2) is 6.61 Å². The van der Waals surface area contributed by atoms with Crippen molar-refractivity contribution < 1.29 is 23.1 Å². The van der Waals surface area contributed by atoms with Gasteiger partial charge in [-0.1, -0.05) is 30.3 Å². The summed E-state index contributed by atoms with van der Waals surface area (Å²) in [5, 5.41) is 2.48. The molecule has 7 heteroatoms. The quantitative estimate of drug-likeness (QED) is 0.622. The molecule has 0 spiro atoms.